The number of para-hydroxylation sites is 1. The molecule has 0 bridgehead atoms. The molecule has 1 amide bonds. The van der Waals surface area contributed by atoms with Gasteiger partial charge in [-0.3, -0.25) is 9.78 Å². The highest BCUT2D eigenvalue weighted by atomic mass is 16.5. The van der Waals surface area contributed by atoms with Gasteiger partial charge >= 0.3 is 0 Å². The first-order valence-electron chi connectivity index (χ1n) is 10.0. The van der Waals surface area contributed by atoms with Crippen molar-refractivity contribution in [1.82, 2.24) is 20.4 Å². The molecule has 0 spiro atoms. The lowest BCUT2D eigenvalue weighted by atomic mass is 9.86. The zero-order valence-corrected chi connectivity index (χ0v) is 18.0. The summed E-state index contributed by atoms with van der Waals surface area (Å²) in [6, 6.07) is 11.0. The van der Waals surface area contributed by atoms with Crippen LogP contribution in [-0.4, -0.2) is 27.6 Å². The minimum atomic E-state index is -0.420. The first kappa shape index (κ1) is 21.5. The molecule has 7 nitrogen and oxygen atoms in total. The average molecular weight is 409 g/mol. The van der Waals surface area contributed by atoms with Gasteiger partial charge in [-0.15, -0.1) is 0 Å². The fraction of sp³-hybridized carbons (Fsp3) is 0.391. The van der Waals surface area contributed by atoms with Crippen molar-refractivity contribution in [2.24, 2.45) is 5.92 Å². The molecule has 0 saturated heterocycles. The largest absolute Gasteiger partial charge is 0.483 e. The molecule has 30 heavy (non-hydrogen) atoms. The normalized spacial score (nSPS) is 12.6. The van der Waals surface area contributed by atoms with Crippen LogP contribution in [0.1, 0.15) is 52.1 Å². The van der Waals surface area contributed by atoms with Gasteiger partial charge in [0.2, 0.25) is 11.7 Å². The summed E-state index contributed by atoms with van der Waals surface area (Å²) in [6.45, 7) is 10.2. The maximum atomic E-state index is 12.6. The Kier molecular flexibility index (Phi) is 6.50. The van der Waals surface area contributed by atoms with E-state index in [1.165, 1.54) is 0 Å². The van der Waals surface area contributed by atoms with Crippen LogP contribution >= 0.6 is 0 Å². The second kappa shape index (κ2) is 9.07. The number of carbonyl (C=O) groups excluding carboxylic acids is 1. The Morgan fingerprint density at radius 1 is 1.17 bits per heavy atom. The van der Waals surface area contributed by atoms with Crippen molar-refractivity contribution < 1.29 is 14.1 Å². The van der Waals surface area contributed by atoms with Gasteiger partial charge in [0.15, 0.2) is 6.61 Å². The van der Waals surface area contributed by atoms with Gasteiger partial charge in [-0.1, -0.05) is 58.0 Å². The van der Waals surface area contributed by atoms with Crippen LogP contribution in [0.15, 0.2) is 53.3 Å². The predicted molar refractivity (Wildman–Crippen MR) is 114 cm³/mol. The molecule has 0 aliphatic heterocycles. The minimum Gasteiger partial charge on any atom is -0.483 e. The van der Waals surface area contributed by atoms with E-state index in [9.17, 15) is 4.79 Å². The van der Waals surface area contributed by atoms with Crippen molar-refractivity contribution in [3.8, 4) is 17.1 Å². The van der Waals surface area contributed by atoms with E-state index in [-0.39, 0.29) is 23.8 Å². The summed E-state index contributed by atoms with van der Waals surface area (Å²) in [5.74, 6) is 1.30. The number of nitrogens with one attached hydrogen (secondary N) is 1. The summed E-state index contributed by atoms with van der Waals surface area (Å²) in [5.41, 5.74) is 1.72. The molecule has 0 saturated carbocycles. The van der Waals surface area contributed by atoms with Gasteiger partial charge in [0.05, 0.1) is 0 Å². The first-order chi connectivity index (χ1) is 14.3. The second-order valence-electron chi connectivity index (χ2n) is 8.52. The fourth-order valence-corrected chi connectivity index (χ4v) is 3.06. The summed E-state index contributed by atoms with van der Waals surface area (Å²) in [4.78, 5) is 21.1. The second-order valence-corrected chi connectivity index (χ2v) is 8.52. The first-order valence-corrected chi connectivity index (χ1v) is 10.0. The number of carbonyl (C=O) groups is 1. The summed E-state index contributed by atoms with van der Waals surface area (Å²) < 4.78 is 11.3. The zero-order valence-electron chi connectivity index (χ0n) is 18.0. The smallest absolute Gasteiger partial charge is 0.258 e. The summed E-state index contributed by atoms with van der Waals surface area (Å²) in [7, 11) is 0. The van der Waals surface area contributed by atoms with E-state index in [0.717, 1.165) is 11.1 Å². The number of hydrogen-bond donors (Lipinski definition) is 1. The molecule has 2 heterocycles. The van der Waals surface area contributed by atoms with Gasteiger partial charge < -0.3 is 14.6 Å². The van der Waals surface area contributed by atoms with Gasteiger partial charge in [0, 0.05) is 18.0 Å². The molecule has 0 radical (unpaired) electrons. The molecule has 1 atom stereocenters. The third kappa shape index (κ3) is 5.23. The van der Waals surface area contributed by atoms with Crippen molar-refractivity contribution in [3.63, 3.8) is 0 Å². The topological polar surface area (TPSA) is 90.1 Å². The van der Waals surface area contributed by atoms with Crippen molar-refractivity contribution in [1.29, 1.82) is 0 Å². The number of hydrogen-bond acceptors (Lipinski definition) is 6. The number of rotatable bonds is 7. The third-order valence-electron chi connectivity index (χ3n) is 4.66. The molecule has 7 heteroatoms. The van der Waals surface area contributed by atoms with Gasteiger partial charge in [-0.2, -0.15) is 4.98 Å². The molecule has 0 fully saturated rings. The molecule has 1 N–H and O–H groups in total. The maximum absolute atomic E-state index is 12.6. The lowest BCUT2D eigenvalue weighted by molar-refractivity contribution is -0.124. The number of ether oxygens (including phenoxy) is 1. The van der Waals surface area contributed by atoms with E-state index in [2.05, 4.69) is 41.2 Å². The van der Waals surface area contributed by atoms with Crippen molar-refractivity contribution in [3.05, 3.63) is 60.2 Å². The molecule has 1 unspecified atom stereocenters. The Morgan fingerprint density at radius 2 is 1.93 bits per heavy atom. The van der Waals surface area contributed by atoms with E-state index < -0.39 is 6.04 Å². The van der Waals surface area contributed by atoms with Crippen molar-refractivity contribution in [2.75, 3.05) is 6.61 Å². The van der Waals surface area contributed by atoms with Gasteiger partial charge in [-0.25, -0.2) is 0 Å². The van der Waals surface area contributed by atoms with Gasteiger partial charge in [0.25, 0.3) is 5.91 Å². The number of pyridine rings is 1. The minimum absolute atomic E-state index is 0.0537. The molecule has 1 aromatic carbocycles. The highest BCUT2D eigenvalue weighted by Crippen LogP contribution is 2.31. The van der Waals surface area contributed by atoms with E-state index in [1.54, 1.807) is 18.5 Å². The van der Waals surface area contributed by atoms with Gasteiger partial charge in [0.1, 0.15) is 11.8 Å². The predicted octanol–water partition coefficient (Wildman–Crippen LogP) is 4.32. The molecule has 3 aromatic rings. The Bertz CT molecular complexity index is 977. The number of benzene rings is 1. The zero-order chi connectivity index (χ0) is 21.7. The SMILES string of the molecule is CC(C)C(NC(=O)COc1ccccc1C(C)(C)C)c1nc(-c2cccnc2)no1. The van der Waals surface area contributed by atoms with Crippen LogP contribution in [0, 0.1) is 5.92 Å². The van der Waals surface area contributed by atoms with Crippen LogP contribution in [0.4, 0.5) is 0 Å². The monoisotopic (exact) mass is 408 g/mol. The Morgan fingerprint density at radius 3 is 2.60 bits per heavy atom. The van der Waals surface area contributed by atoms with Crippen molar-refractivity contribution in [2.45, 2.75) is 46.1 Å². The fourth-order valence-electron chi connectivity index (χ4n) is 3.06. The summed E-state index contributed by atoms with van der Waals surface area (Å²) in [6.07, 6.45) is 3.34. The van der Waals surface area contributed by atoms with Crippen LogP contribution in [0.3, 0.4) is 0 Å². The molecular weight excluding hydrogens is 380 g/mol. The lowest BCUT2D eigenvalue weighted by Gasteiger charge is -2.23. The van der Waals surface area contributed by atoms with Crippen LogP contribution in [0.5, 0.6) is 5.75 Å². The van der Waals surface area contributed by atoms with E-state index >= 15 is 0 Å². The van der Waals surface area contributed by atoms with E-state index in [0.29, 0.717) is 17.5 Å². The molecular formula is C23H28N4O3. The van der Waals surface area contributed by atoms with Crippen LogP contribution < -0.4 is 10.1 Å². The third-order valence-corrected chi connectivity index (χ3v) is 4.66. The summed E-state index contributed by atoms with van der Waals surface area (Å²) in [5, 5.41) is 6.97. The van der Waals surface area contributed by atoms with Crippen LogP contribution in [0.2, 0.25) is 0 Å². The van der Waals surface area contributed by atoms with Crippen LogP contribution in [0.25, 0.3) is 11.4 Å². The van der Waals surface area contributed by atoms with E-state index in [1.807, 2.05) is 44.2 Å². The average Bonchev–Trinajstić information content (AvgIpc) is 3.20. The maximum Gasteiger partial charge on any atom is 0.258 e. The molecule has 0 aliphatic rings. The van der Waals surface area contributed by atoms with Gasteiger partial charge in [-0.05, 0) is 35.1 Å². The lowest BCUT2D eigenvalue weighted by Crippen LogP contribution is -2.35. The number of aromatic nitrogens is 3. The molecule has 3 rings (SSSR count). The number of nitrogens with zero attached hydrogens (tertiary/aromatic N) is 3. The number of amides is 1. The van der Waals surface area contributed by atoms with Crippen LogP contribution in [-0.2, 0) is 10.2 Å². The molecule has 2 aromatic heterocycles. The molecule has 158 valence electrons. The Hall–Kier alpha value is -3.22. The Balaban J connectivity index is 1.68. The highest BCUT2D eigenvalue weighted by Gasteiger charge is 2.25. The standard InChI is InChI=1S/C23H28N4O3/c1-15(2)20(22-26-21(27-30-22)16-9-8-12-24-13-16)25-19(28)14-29-18-11-7-6-10-17(18)23(3,4)5/h6-13,15,20H,14H2,1-5H3,(H,25,28). The quantitative estimate of drug-likeness (QED) is 0.626. The van der Waals surface area contributed by atoms with Crippen molar-refractivity contribution >= 4 is 5.91 Å². The summed E-state index contributed by atoms with van der Waals surface area (Å²) >= 11 is 0. The Labute approximate surface area is 176 Å². The highest BCUT2D eigenvalue weighted by molar-refractivity contribution is 5.78. The molecule has 0 aliphatic carbocycles. The van der Waals surface area contributed by atoms with E-state index in [4.69, 9.17) is 9.26 Å².